The normalized spacial score (nSPS) is 17.1. The van der Waals surface area contributed by atoms with Crippen LogP contribution in [0.3, 0.4) is 0 Å². The van der Waals surface area contributed by atoms with Crippen molar-refractivity contribution in [1.82, 2.24) is 9.96 Å². The van der Waals surface area contributed by atoms with Gasteiger partial charge in [0.15, 0.2) is 0 Å². The molecular weight excluding hydrogens is 572 g/mol. The van der Waals surface area contributed by atoms with Gasteiger partial charge in [-0.05, 0) is 35.4 Å². The minimum atomic E-state index is -0.444. The van der Waals surface area contributed by atoms with Crippen molar-refractivity contribution >= 4 is 21.9 Å². The molecule has 1 aliphatic heterocycles. The average molecular weight is 611 g/mol. The standard InChI is InChI=1S/C32H38N2O10/c1-37-25-3-5-27-23(17-31(35)43-29(27)19-25)21-33-7-10-39-13-14-41-12-9-34(42-16-15-40-11-8-33)22-24-18-32(36)44-30-20-26(38-2)4-6-28(24)30/h3-6,17-20H,7-16,21-22H2,1-2H3. The highest BCUT2D eigenvalue weighted by atomic mass is 16.7. The molecule has 236 valence electrons. The van der Waals surface area contributed by atoms with E-state index in [0.29, 0.717) is 102 Å². The molecule has 0 N–H and O–H groups in total. The lowest BCUT2D eigenvalue weighted by Crippen LogP contribution is -2.33. The van der Waals surface area contributed by atoms with Crippen molar-refractivity contribution in [2.45, 2.75) is 13.1 Å². The summed E-state index contributed by atoms with van der Waals surface area (Å²) >= 11 is 0. The first-order chi connectivity index (χ1) is 21.5. The van der Waals surface area contributed by atoms with Gasteiger partial charge in [0.05, 0.1) is 67.0 Å². The highest BCUT2D eigenvalue weighted by molar-refractivity contribution is 5.82. The zero-order valence-electron chi connectivity index (χ0n) is 25.1. The molecule has 0 unspecified atom stereocenters. The van der Waals surface area contributed by atoms with Gasteiger partial charge >= 0.3 is 11.3 Å². The molecule has 2 aromatic heterocycles. The second-order valence-corrected chi connectivity index (χ2v) is 10.2. The SMILES string of the molecule is COc1ccc2c(CN3CCOCCOCCN(Cc4cc(=O)oc5cc(OC)ccc45)OCCOCC3)cc(=O)oc2c1. The Morgan fingerprint density at radius 3 is 1.66 bits per heavy atom. The number of hydroxylamine groups is 2. The van der Waals surface area contributed by atoms with E-state index in [1.165, 1.54) is 12.1 Å². The number of nitrogens with zero attached hydrogens (tertiary/aromatic N) is 2. The molecule has 12 heteroatoms. The van der Waals surface area contributed by atoms with Crippen LogP contribution in [0.15, 0.2) is 67.0 Å². The number of hydrogen-bond acceptors (Lipinski definition) is 12. The van der Waals surface area contributed by atoms with Gasteiger partial charge < -0.3 is 32.5 Å². The third-order valence-electron chi connectivity index (χ3n) is 7.28. The van der Waals surface area contributed by atoms with E-state index >= 15 is 0 Å². The van der Waals surface area contributed by atoms with Crippen molar-refractivity contribution in [3.63, 3.8) is 0 Å². The fourth-order valence-electron chi connectivity index (χ4n) is 5.03. The number of fused-ring (bicyclic) bond motifs is 2. The molecule has 1 saturated heterocycles. The van der Waals surface area contributed by atoms with Gasteiger partial charge in [0.2, 0.25) is 0 Å². The molecule has 12 nitrogen and oxygen atoms in total. The summed E-state index contributed by atoms with van der Waals surface area (Å²) in [5.41, 5.74) is 1.71. The van der Waals surface area contributed by atoms with E-state index < -0.39 is 11.3 Å². The minimum absolute atomic E-state index is 0.322. The molecule has 1 fully saturated rings. The molecule has 0 bridgehead atoms. The topological polar surface area (TPSA) is 122 Å². The third kappa shape index (κ3) is 8.65. The Morgan fingerprint density at radius 1 is 0.614 bits per heavy atom. The van der Waals surface area contributed by atoms with Crippen molar-refractivity contribution in [2.24, 2.45) is 0 Å². The lowest BCUT2D eigenvalue weighted by Gasteiger charge is -2.24. The lowest BCUT2D eigenvalue weighted by atomic mass is 10.1. The van der Waals surface area contributed by atoms with Crippen LogP contribution in [0.1, 0.15) is 11.1 Å². The third-order valence-corrected chi connectivity index (χ3v) is 7.28. The van der Waals surface area contributed by atoms with Gasteiger partial charge in [0.25, 0.3) is 0 Å². The van der Waals surface area contributed by atoms with Crippen LogP contribution in [0.2, 0.25) is 0 Å². The molecule has 0 aliphatic carbocycles. The number of methoxy groups -OCH3 is 2. The molecular formula is C32H38N2O10. The van der Waals surface area contributed by atoms with Crippen LogP contribution in [0.4, 0.5) is 0 Å². The molecule has 0 amide bonds. The summed E-state index contributed by atoms with van der Waals surface area (Å²) < 4.78 is 38.9. The van der Waals surface area contributed by atoms with Crippen molar-refractivity contribution in [3.8, 4) is 11.5 Å². The summed E-state index contributed by atoms with van der Waals surface area (Å²) in [7, 11) is 3.14. The van der Waals surface area contributed by atoms with E-state index in [4.69, 9.17) is 37.4 Å². The minimum Gasteiger partial charge on any atom is -0.497 e. The van der Waals surface area contributed by atoms with E-state index in [1.807, 2.05) is 24.3 Å². The maximum atomic E-state index is 12.3. The number of ether oxygens (including phenoxy) is 5. The van der Waals surface area contributed by atoms with Crippen molar-refractivity contribution in [1.29, 1.82) is 0 Å². The average Bonchev–Trinajstić information content (AvgIpc) is 3.01. The van der Waals surface area contributed by atoms with Crippen molar-refractivity contribution in [3.05, 3.63) is 80.5 Å². The summed E-state index contributed by atoms with van der Waals surface area (Å²) in [5.74, 6) is 1.23. The molecule has 1 aliphatic rings. The first-order valence-corrected chi connectivity index (χ1v) is 14.6. The quantitative estimate of drug-likeness (QED) is 0.298. The highest BCUT2D eigenvalue weighted by Crippen LogP contribution is 2.25. The zero-order valence-corrected chi connectivity index (χ0v) is 25.1. The predicted molar refractivity (Wildman–Crippen MR) is 162 cm³/mol. The first kappa shape index (κ1) is 31.6. The van der Waals surface area contributed by atoms with E-state index in [-0.39, 0.29) is 0 Å². The molecule has 3 heterocycles. The Kier molecular flexibility index (Phi) is 11.4. The van der Waals surface area contributed by atoms with Crippen LogP contribution >= 0.6 is 0 Å². The predicted octanol–water partition coefficient (Wildman–Crippen LogP) is 3.22. The van der Waals surface area contributed by atoms with Gasteiger partial charge in [-0.25, -0.2) is 9.59 Å². The Balaban J connectivity index is 1.22. The molecule has 4 aromatic rings. The van der Waals surface area contributed by atoms with Crippen molar-refractivity contribution in [2.75, 3.05) is 80.1 Å². The Hall–Kier alpha value is -3.78. The fraction of sp³-hybridized carbons (Fsp3) is 0.438. The second-order valence-electron chi connectivity index (χ2n) is 10.2. The summed E-state index contributed by atoms with van der Waals surface area (Å²) in [6.07, 6.45) is 0. The molecule has 0 spiro atoms. The summed E-state index contributed by atoms with van der Waals surface area (Å²) in [4.78, 5) is 32.8. The molecule has 2 aromatic carbocycles. The maximum Gasteiger partial charge on any atom is 0.336 e. The van der Waals surface area contributed by atoms with Gasteiger partial charge in [-0.15, -0.1) is 0 Å². The Labute approximate surface area is 254 Å². The smallest absolute Gasteiger partial charge is 0.336 e. The lowest BCUT2D eigenvalue weighted by molar-refractivity contribution is -0.184. The van der Waals surface area contributed by atoms with Gasteiger partial charge in [0.1, 0.15) is 22.7 Å². The van der Waals surface area contributed by atoms with Crippen LogP contribution < -0.4 is 20.7 Å². The van der Waals surface area contributed by atoms with E-state index in [9.17, 15) is 9.59 Å². The molecule has 0 atom stereocenters. The van der Waals surface area contributed by atoms with Crippen LogP contribution in [0.5, 0.6) is 11.5 Å². The van der Waals surface area contributed by atoms with Crippen LogP contribution in [-0.2, 0) is 32.1 Å². The van der Waals surface area contributed by atoms with E-state index in [2.05, 4.69) is 4.90 Å². The van der Waals surface area contributed by atoms with Gasteiger partial charge in [-0.2, -0.15) is 5.06 Å². The summed E-state index contributed by atoms with van der Waals surface area (Å²) in [5, 5.41) is 3.42. The Morgan fingerprint density at radius 2 is 1.11 bits per heavy atom. The molecule has 44 heavy (non-hydrogen) atoms. The van der Waals surface area contributed by atoms with E-state index in [0.717, 1.165) is 21.9 Å². The monoisotopic (exact) mass is 610 g/mol. The van der Waals surface area contributed by atoms with Crippen LogP contribution in [0.25, 0.3) is 21.9 Å². The molecule has 0 radical (unpaired) electrons. The summed E-state index contributed by atoms with van der Waals surface area (Å²) in [6, 6.07) is 13.9. The number of benzene rings is 2. The van der Waals surface area contributed by atoms with Crippen LogP contribution in [-0.4, -0.2) is 90.1 Å². The molecule has 0 saturated carbocycles. The number of hydrogen-bond donors (Lipinski definition) is 0. The molecule has 5 rings (SSSR count). The van der Waals surface area contributed by atoms with Gasteiger partial charge in [-0.1, -0.05) is 0 Å². The first-order valence-electron chi connectivity index (χ1n) is 14.6. The zero-order chi connectivity index (χ0) is 30.7. The Bertz CT molecular complexity index is 1510. The van der Waals surface area contributed by atoms with Crippen molar-refractivity contribution < 1.29 is 37.4 Å². The highest BCUT2D eigenvalue weighted by Gasteiger charge is 2.15. The van der Waals surface area contributed by atoms with Gasteiger partial charge in [0, 0.05) is 61.2 Å². The fourth-order valence-corrected chi connectivity index (χ4v) is 5.03. The van der Waals surface area contributed by atoms with Gasteiger partial charge in [-0.3, -0.25) is 9.74 Å². The second kappa shape index (κ2) is 15.8. The van der Waals surface area contributed by atoms with E-state index in [1.54, 1.807) is 31.4 Å². The largest absolute Gasteiger partial charge is 0.497 e. The van der Waals surface area contributed by atoms with Crippen LogP contribution in [0, 0.1) is 0 Å². The maximum absolute atomic E-state index is 12.3. The number of rotatable bonds is 6. The summed E-state index contributed by atoms with van der Waals surface area (Å²) in [6.45, 7) is 5.57.